The number of pyridine rings is 3. The molecule has 0 spiro atoms. The SMILES string of the molecule is Fc1ccnc(-c2cc(OCc3ccncc3)c3sccc3n2)c1. The van der Waals surface area contributed by atoms with Gasteiger partial charge in [0.2, 0.25) is 0 Å². The molecular formula is C18H12FN3OS. The minimum Gasteiger partial charge on any atom is -0.487 e. The normalized spacial score (nSPS) is 10.9. The summed E-state index contributed by atoms with van der Waals surface area (Å²) in [6.45, 7) is 0.426. The first kappa shape index (κ1) is 14.7. The van der Waals surface area contributed by atoms with Gasteiger partial charge in [0.1, 0.15) is 18.2 Å². The minimum absolute atomic E-state index is 0.341. The number of hydrogen-bond acceptors (Lipinski definition) is 5. The van der Waals surface area contributed by atoms with Crippen molar-refractivity contribution in [3.8, 4) is 17.1 Å². The lowest BCUT2D eigenvalue weighted by atomic mass is 10.2. The number of hydrogen-bond donors (Lipinski definition) is 0. The van der Waals surface area contributed by atoms with Gasteiger partial charge in [0, 0.05) is 30.7 Å². The molecule has 0 amide bonds. The summed E-state index contributed by atoms with van der Waals surface area (Å²) in [6.07, 6.45) is 4.89. The second kappa shape index (κ2) is 6.33. The summed E-state index contributed by atoms with van der Waals surface area (Å²) in [6, 6.07) is 10.2. The van der Waals surface area contributed by atoms with E-state index in [2.05, 4.69) is 15.0 Å². The van der Waals surface area contributed by atoms with E-state index in [0.717, 1.165) is 15.8 Å². The zero-order valence-corrected chi connectivity index (χ0v) is 13.3. The second-order valence-corrected chi connectivity index (χ2v) is 6.06. The fourth-order valence-corrected chi connectivity index (χ4v) is 3.15. The van der Waals surface area contributed by atoms with Gasteiger partial charge in [-0.2, -0.15) is 0 Å². The van der Waals surface area contributed by atoms with Crippen LogP contribution in [0.4, 0.5) is 4.39 Å². The van der Waals surface area contributed by atoms with Gasteiger partial charge >= 0.3 is 0 Å². The zero-order valence-electron chi connectivity index (χ0n) is 12.5. The maximum atomic E-state index is 13.5. The molecule has 118 valence electrons. The van der Waals surface area contributed by atoms with Crippen LogP contribution >= 0.6 is 11.3 Å². The van der Waals surface area contributed by atoms with Gasteiger partial charge in [-0.05, 0) is 35.2 Å². The highest BCUT2D eigenvalue weighted by Crippen LogP contribution is 2.33. The fourth-order valence-electron chi connectivity index (χ4n) is 2.35. The Balaban J connectivity index is 1.72. The van der Waals surface area contributed by atoms with Crippen molar-refractivity contribution in [3.05, 3.63) is 71.7 Å². The first-order chi connectivity index (χ1) is 11.8. The average molecular weight is 337 g/mol. The van der Waals surface area contributed by atoms with Crippen LogP contribution in [0.1, 0.15) is 5.56 Å². The van der Waals surface area contributed by atoms with Gasteiger partial charge < -0.3 is 4.74 Å². The molecule has 0 saturated carbocycles. The Kier molecular flexibility index (Phi) is 3.88. The van der Waals surface area contributed by atoms with E-state index in [1.165, 1.54) is 18.3 Å². The smallest absolute Gasteiger partial charge is 0.141 e. The Labute approximate surface area is 141 Å². The summed E-state index contributed by atoms with van der Waals surface area (Å²) in [5.74, 6) is 0.374. The quantitative estimate of drug-likeness (QED) is 0.551. The van der Waals surface area contributed by atoms with Crippen molar-refractivity contribution in [1.82, 2.24) is 15.0 Å². The van der Waals surface area contributed by atoms with E-state index in [9.17, 15) is 4.39 Å². The topological polar surface area (TPSA) is 47.9 Å². The van der Waals surface area contributed by atoms with Crippen LogP contribution in [0.2, 0.25) is 0 Å². The predicted octanol–water partition coefficient (Wildman–Crippen LogP) is 4.47. The van der Waals surface area contributed by atoms with E-state index >= 15 is 0 Å². The van der Waals surface area contributed by atoms with E-state index < -0.39 is 0 Å². The van der Waals surface area contributed by atoms with Crippen molar-refractivity contribution in [3.63, 3.8) is 0 Å². The van der Waals surface area contributed by atoms with Crippen molar-refractivity contribution >= 4 is 21.6 Å². The molecule has 0 aliphatic rings. The van der Waals surface area contributed by atoms with E-state index in [1.807, 2.05) is 29.6 Å². The van der Waals surface area contributed by atoms with Crippen molar-refractivity contribution in [1.29, 1.82) is 0 Å². The summed E-state index contributed by atoms with van der Waals surface area (Å²) >= 11 is 1.56. The Bertz CT molecular complexity index is 988. The van der Waals surface area contributed by atoms with E-state index in [4.69, 9.17) is 4.74 Å². The van der Waals surface area contributed by atoms with Gasteiger partial charge in [-0.25, -0.2) is 9.37 Å². The van der Waals surface area contributed by atoms with Gasteiger partial charge in [-0.1, -0.05) is 0 Å². The highest BCUT2D eigenvalue weighted by molar-refractivity contribution is 7.17. The molecule has 0 unspecified atom stereocenters. The number of nitrogens with zero attached hydrogens (tertiary/aromatic N) is 3. The minimum atomic E-state index is -0.341. The third-order valence-corrected chi connectivity index (χ3v) is 4.42. The maximum absolute atomic E-state index is 13.5. The molecule has 4 aromatic rings. The van der Waals surface area contributed by atoms with Crippen molar-refractivity contribution in [2.24, 2.45) is 0 Å². The van der Waals surface area contributed by atoms with Crippen LogP contribution in [0.25, 0.3) is 21.6 Å². The van der Waals surface area contributed by atoms with E-state index in [1.54, 1.807) is 23.7 Å². The third kappa shape index (κ3) is 2.96. The Morgan fingerprint density at radius 3 is 2.71 bits per heavy atom. The Morgan fingerprint density at radius 2 is 1.88 bits per heavy atom. The largest absolute Gasteiger partial charge is 0.487 e. The van der Waals surface area contributed by atoms with E-state index in [-0.39, 0.29) is 5.82 Å². The monoisotopic (exact) mass is 337 g/mol. The summed E-state index contributed by atoms with van der Waals surface area (Å²) in [5, 5.41) is 1.96. The van der Waals surface area contributed by atoms with Crippen LogP contribution in [0.3, 0.4) is 0 Å². The van der Waals surface area contributed by atoms with Gasteiger partial charge in [-0.15, -0.1) is 11.3 Å². The molecule has 0 atom stereocenters. The number of halogens is 1. The van der Waals surface area contributed by atoms with Crippen LogP contribution in [-0.4, -0.2) is 15.0 Å². The molecule has 0 saturated heterocycles. The molecule has 0 radical (unpaired) electrons. The molecule has 0 bridgehead atoms. The highest BCUT2D eigenvalue weighted by atomic mass is 32.1. The summed E-state index contributed by atoms with van der Waals surface area (Å²) in [4.78, 5) is 12.7. The lowest BCUT2D eigenvalue weighted by Crippen LogP contribution is -1.97. The Hall–Kier alpha value is -2.86. The summed E-state index contributed by atoms with van der Waals surface area (Å²) < 4.78 is 20.4. The van der Waals surface area contributed by atoms with Crippen LogP contribution in [0.15, 0.2) is 60.4 Å². The van der Waals surface area contributed by atoms with Gasteiger partial charge in [0.25, 0.3) is 0 Å². The molecule has 4 rings (SSSR count). The first-order valence-electron chi connectivity index (χ1n) is 7.31. The average Bonchev–Trinajstić information content (AvgIpc) is 3.09. The summed E-state index contributed by atoms with van der Waals surface area (Å²) in [5.41, 5.74) is 2.91. The van der Waals surface area contributed by atoms with Gasteiger partial charge in [-0.3, -0.25) is 9.97 Å². The number of thiophene rings is 1. The molecule has 24 heavy (non-hydrogen) atoms. The molecule has 0 fully saturated rings. The second-order valence-electron chi connectivity index (χ2n) is 5.14. The molecule has 4 aromatic heterocycles. The van der Waals surface area contributed by atoms with Gasteiger partial charge in [0.15, 0.2) is 0 Å². The highest BCUT2D eigenvalue weighted by Gasteiger charge is 2.11. The van der Waals surface area contributed by atoms with Crippen LogP contribution in [-0.2, 0) is 6.61 Å². The zero-order chi connectivity index (χ0) is 16.4. The molecule has 4 heterocycles. The standard InChI is InChI=1S/C18H12FN3OS/c19-13-3-7-21-15(9-13)16-10-17(18-14(22-16)4-8-24-18)23-11-12-1-5-20-6-2-12/h1-10H,11H2. The van der Waals surface area contributed by atoms with E-state index in [0.29, 0.717) is 23.7 Å². The molecular weight excluding hydrogens is 325 g/mol. The first-order valence-corrected chi connectivity index (χ1v) is 8.19. The number of ether oxygens (including phenoxy) is 1. The van der Waals surface area contributed by atoms with Crippen molar-refractivity contribution < 1.29 is 9.13 Å². The van der Waals surface area contributed by atoms with Gasteiger partial charge in [0.05, 0.1) is 21.6 Å². The molecule has 0 aliphatic carbocycles. The number of fused-ring (bicyclic) bond motifs is 1. The predicted molar refractivity (Wildman–Crippen MR) is 91.4 cm³/mol. The maximum Gasteiger partial charge on any atom is 0.141 e. The van der Waals surface area contributed by atoms with Crippen molar-refractivity contribution in [2.45, 2.75) is 6.61 Å². The van der Waals surface area contributed by atoms with Crippen molar-refractivity contribution in [2.75, 3.05) is 0 Å². The third-order valence-electron chi connectivity index (χ3n) is 3.51. The summed E-state index contributed by atoms with van der Waals surface area (Å²) in [7, 11) is 0. The number of aromatic nitrogens is 3. The molecule has 6 heteroatoms. The van der Waals surface area contributed by atoms with Crippen LogP contribution in [0, 0.1) is 5.82 Å². The molecule has 4 nitrogen and oxygen atoms in total. The Morgan fingerprint density at radius 1 is 1.00 bits per heavy atom. The lowest BCUT2D eigenvalue weighted by Gasteiger charge is -2.09. The molecule has 0 aliphatic heterocycles. The number of rotatable bonds is 4. The van der Waals surface area contributed by atoms with Crippen LogP contribution < -0.4 is 4.74 Å². The van der Waals surface area contributed by atoms with Crippen LogP contribution in [0.5, 0.6) is 5.75 Å². The lowest BCUT2D eigenvalue weighted by molar-refractivity contribution is 0.310. The molecule has 0 aromatic carbocycles. The fraction of sp³-hybridized carbons (Fsp3) is 0.0556. The molecule has 0 N–H and O–H groups in total.